The summed E-state index contributed by atoms with van der Waals surface area (Å²) in [5.41, 5.74) is 2.36. The Morgan fingerprint density at radius 1 is 1.06 bits per heavy atom. The van der Waals surface area contributed by atoms with Gasteiger partial charge >= 0.3 is 5.69 Å². The molecule has 31 heavy (non-hydrogen) atoms. The molecule has 4 rings (SSSR count). The number of benzene rings is 2. The molecule has 2 heterocycles. The van der Waals surface area contributed by atoms with Crippen molar-refractivity contribution in [2.24, 2.45) is 0 Å². The van der Waals surface area contributed by atoms with Crippen molar-refractivity contribution in [2.45, 2.75) is 26.9 Å². The highest BCUT2D eigenvalue weighted by atomic mass is 16.5. The van der Waals surface area contributed by atoms with E-state index in [0.29, 0.717) is 29.8 Å². The van der Waals surface area contributed by atoms with Crippen molar-refractivity contribution in [1.82, 2.24) is 9.13 Å². The predicted molar refractivity (Wildman–Crippen MR) is 121 cm³/mol. The Morgan fingerprint density at radius 2 is 1.81 bits per heavy atom. The standard InChI is InChI=1S/C23H26N4O4/c1-3-26-22(29)18-6-4-5-7-20(18)27(23(26)30)15-21(28)24-19-9-8-17(14-16(19)2)25-10-12-31-13-11-25/h4-9,14H,3,10-13,15H2,1-2H3,(H,24,28). The van der Waals surface area contributed by atoms with Crippen LogP contribution >= 0.6 is 0 Å². The SMILES string of the molecule is CCn1c(=O)c2ccccc2n(CC(=O)Nc2ccc(N3CCOCC3)cc2C)c1=O. The molecule has 0 unspecified atom stereocenters. The minimum Gasteiger partial charge on any atom is -0.378 e. The molecule has 8 nitrogen and oxygen atoms in total. The Hall–Kier alpha value is -3.39. The van der Waals surface area contributed by atoms with Crippen molar-refractivity contribution in [3.8, 4) is 0 Å². The average Bonchev–Trinajstić information content (AvgIpc) is 2.79. The van der Waals surface area contributed by atoms with E-state index in [1.165, 1.54) is 4.57 Å². The summed E-state index contributed by atoms with van der Waals surface area (Å²) < 4.78 is 7.91. The monoisotopic (exact) mass is 422 g/mol. The van der Waals surface area contributed by atoms with Crippen molar-refractivity contribution in [2.75, 3.05) is 36.5 Å². The van der Waals surface area contributed by atoms with Gasteiger partial charge in [-0.2, -0.15) is 0 Å². The van der Waals surface area contributed by atoms with Crippen LogP contribution in [0.3, 0.4) is 0 Å². The van der Waals surface area contributed by atoms with Crippen LogP contribution in [-0.2, 0) is 22.6 Å². The van der Waals surface area contributed by atoms with Gasteiger partial charge in [-0.25, -0.2) is 4.79 Å². The van der Waals surface area contributed by atoms with Gasteiger partial charge in [0.15, 0.2) is 0 Å². The fourth-order valence-corrected chi connectivity index (χ4v) is 3.94. The highest BCUT2D eigenvalue weighted by Gasteiger charge is 2.16. The number of amides is 1. The van der Waals surface area contributed by atoms with Gasteiger partial charge in [-0.05, 0) is 49.7 Å². The van der Waals surface area contributed by atoms with Crippen LogP contribution in [0, 0.1) is 6.92 Å². The first-order chi connectivity index (χ1) is 15.0. The number of aromatic nitrogens is 2. The number of morpholine rings is 1. The van der Waals surface area contributed by atoms with E-state index in [2.05, 4.69) is 10.2 Å². The van der Waals surface area contributed by atoms with Gasteiger partial charge in [0.1, 0.15) is 6.54 Å². The van der Waals surface area contributed by atoms with Crippen molar-refractivity contribution >= 4 is 28.2 Å². The Labute approximate surface area is 179 Å². The van der Waals surface area contributed by atoms with Crippen LogP contribution in [0.15, 0.2) is 52.1 Å². The smallest absolute Gasteiger partial charge is 0.331 e. The maximum atomic E-state index is 12.8. The number of aryl methyl sites for hydroxylation is 1. The Morgan fingerprint density at radius 3 is 2.52 bits per heavy atom. The first-order valence-corrected chi connectivity index (χ1v) is 10.4. The molecule has 2 aromatic carbocycles. The number of anilines is 2. The highest BCUT2D eigenvalue weighted by Crippen LogP contribution is 2.23. The molecule has 1 aromatic heterocycles. The number of hydrogen-bond acceptors (Lipinski definition) is 5. The van der Waals surface area contributed by atoms with Crippen LogP contribution in [0.4, 0.5) is 11.4 Å². The molecule has 3 aromatic rings. The quantitative estimate of drug-likeness (QED) is 0.680. The Balaban J connectivity index is 1.59. The summed E-state index contributed by atoms with van der Waals surface area (Å²) in [5.74, 6) is -0.323. The van der Waals surface area contributed by atoms with Crippen LogP contribution in [0.2, 0.25) is 0 Å². The van der Waals surface area contributed by atoms with Crippen molar-refractivity contribution in [3.63, 3.8) is 0 Å². The van der Waals surface area contributed by atoms with Crippen LogP contribution in [0.1, 0.15) is 12.5 Å². The van der Waals surface area contributed by atoms with Gasteiger partial charge < -0.3 is 15.0 Å². The maximum absolute atomic E-state index is 12.8. The lowest BCUT2D eigenvalue weighted by Gasteiger charge is -2.29. The molecule has 0 saturated carbocycles. The number of nitrogens with zero attached hydrogens (tertiary/aromatic N) is 3. The van der Waals surface area contributed by atoms with Gasteiger partial charge in [0, 0.05) is 31.0 Å². The zero-order chi connectivity index (χ0) is 22.0. The normalized spacial score (nSPS) is 14.1. The molecular weight excluding hydrogens is 396 g/mol. The Kier molecular flexibility index (Phi) is 5.90. The topological polar surface area (TPSA) is 85.6 Å². The first kappa shape index (κ1) is 20.9. The van der Waals surface area contributed by atoms with Gasteiger partial charge in [-0.15, -0.1) is 0 Å². The second kappa shape index (κ2) is 8.77. The molecule has 0 spiro atoms. The highest BCUT2D eigenvalue weighted by molar-refractivity contribution is 5.92. The maximum Gasteiger partial charge on any atom is 0.331 e. The molecule has 1 aliphatic rings. The molecule has 1 aliphatic heterocycles. The third kappa shape index (κ3) is 4.11. The van der Waals surface area contributed by atoms with Gasteiger partial charge in [-0.3, -0.25) is 18.7 Å². The van der Waals surface area contributed by atoms with Crippen LogP contribution < -0.4 is 21.5 Å². The third-order valence-electron chi connectivity index (χ3n) is 5.61. The number of fused-ring (bicyclic) bond motifs is 1. The number of carbonyl (C=O) groups is 1. The van der Waals surface area contributed by atoms with Crippen LogP contribution in [0.25, 0.3) is 10.9 Å². The van der Waals surface area contributed by atoms with Crippen molar-refractivity contribution < 1.29 is 9.53 Å². The van der Waals surface area contributed by atoms with Crippen LogP contribution in [-0.4, -0.2) is 41.3 Å². The van der Waals surface area contributed by atoms with Crippen LogP contribution in [0.5, 0.6) is 0 Å². The lowest BCUT2D eigenvalue weighted by atomic mass is 10.1. The number of ether oxygens (including phenoxy) is 1. The van der Waals surface area contributed by atoms with E-state index in [-0.39, 0.29) is 24.6 Å². The van der Waals surface area contributed by atoms with Gasteiger partial charge in [0.2, 0.25) is 5.91 Å². The second-order valence-electron chi connectivity index (χ2n) is 7.58. The van der Waals surface area contributed by atoms with E-state index >= 15 is 0 Å². The minimum absolute atomic E-state index is 0.176. The third-order valence-corrected chi connectivity index (χ3v) is 5.61. The molecule has 1 amide bonds. The zero-order valence-electron chi connectivity index (χ0n) is 17.8. The fourth-order valence-electron chi connectivity index (χ4n) is 3.94. The number of hydrogen-bond donors (Lipinski definition) is 1. The molecule has 1 fully saturated rings. The van der Waals surface area contributed by atoms with Crippen molar-refractivity contribution in [3.05, 3.63) is 68.9 Å². The molecule has 0 atom stereocenters. The van der Waals surface area contributed by atoms with Gasteiger partial charge in [0.05, 0.1) is 24.1 Å². The van der Waals surface area contributed by atoms with Gasteiger partial charge in [-0.1, -0.05) is 12.1 Å². The summed E-state index contributed by atoms with van der Waals surface area (Å²) in [6, 6.07) is 12.8. The number of para-hydroxylation sites is 1. The first-order valence-electron chi connectivity index (χ1n) is 10.4. The number of carbonyl (C=O) groups excluding carboxylic acids is 1. The summed E-state index contributed by atoms with van der Waals surface area (Å²) >= 11 is 0. The molecular formula is C23H26N4O4. The zero-order valence-corrected chi connectivity index (χ0v) is 17.8. The average molecular weight is 422 g/mol. The molecule has 0 aliphatic carbocycles. The second-order valence-corrected chi connectivity index (χ2v) is 7.58. The van der Waals surface area contributed by atoms with Gasteiger partial charge in [0.25, 0.3) is 5.56 Å². The lowest BCUT2D eigenvalue weighted by molar-refractivity contribution is -0.116. The molecule has 8 heteroatoms. The van der Waals surface area contributed by atoms with E-state index in [4.69, 9.17) is 4.74 Å². The fraction of sp³-hybridized carbons (Fsp3) is 0.348. The molecule has 162 valence electrons. The van der Waals surface area contributed by atoms with E-state index in [0.717, 1.165) is 28.9 Å². The lowest BCUT2D eigenvalue weighted by Crippen LogP contribution is -2.41. The summed E-state index contributed by atoms with van der Waals surface area (Å²) in [7, 11) is 0. The van der Waals surface area contributed by atoms with E-state index in [1.807, 2.05) is 25.1 Å². The summed E-state index contributed by atoms with van der Waals surface area (Å²) in [6.07, 6.45) is 0. The molecule has 1 N–H and O–H groups in total. The summed E-state index contributed by atoms with van der Waals surface area (Å²) in [6.45, 7) is 6.85. The summed E-state index contributed by atoms with van der Waals surface area (Å²) in [4.78, 5) is 40.5. The van der Waals surface area contributed by atoms with E-state index in [9.17, 15) is 14.4 Å². The summed E-state index contributed by atoms with van der Waals surface area (Å²) in [5, 5.41) is 3.32. The van der Waals surface area contributed by atoms with Crippen molar-refractivity contribution in [1.29, 1.82) is 0 Å². The molecule has 0 radical (unpaired) electrons. The molecule has 0 bridgehead atoms. The molecule has 1 saturated heterocycles. The Bertz CT molecular complexity index is 1240. The van der Waals surface area contributed by atoms with E-state index in [1.54, 1.807) is 31.2 Å². The van der Waals surface area contributed by atoms with E-state index < -0.39 is 5.69 Å². The predicted octanol–water partition coefficient (Wildman–Crippen LogP) is 1.97. The number of rotatable bonds is 5. The number of nitrogens with one attached hydrogen (secondary N) is 1. The largest absolute Gasteiger partial charge is 0.378 e. The minimum atomic E-state index is -0.485.